The average Bonchev–Trinajstić information content (AvgIpc) is 2.28. The number of aromatic nitrogens is 1. The molecule has 0 aliphatic heterocycles. The van der Waals surface area contributed by atoms with Gasteiger partial charge in [0.15, 0.2) is 0 Å². The highest BCUT2D eigenvalue weighted by Crippen LogP contribution is 2.24. The Labute approximate surface area is 103 Å². The maximum atomic E-state index is 5.77. The van der Waals surface area contributed by atoms with E-state index in [1.807, 2.05) is 30.5 Å². The van der Waals surface area contributed by atoms with E-state index >= 15 is 0 Å². The molecule has 0 fully saturated rings. The molecule has 17 heavy (non-hydrogen) atoms. The second-order valence-corrected chi connectivity index (χ2v) is 5.31. The van der Waals surface area contributed by atoms with Gasteiger partial charge in [0.1, 0.15) is 0 Å². The van der Waals surface area contributed by atoms with Gasteiger partial charge in [-0.1, -0.05) is 39.0 Å². The summed E-state index contributed by atoms with van der Waals surface area (Å²) < 4.78 is 0. The highest BCUT2D eigenvalue weighted by molar-refractivity contribution is 5.63. The monoisotopic (exact) mass is 226 g/mol. The summed E-state index contributed by atoms with van der Waals surface area (Å²) in [6.07, 6.45) is 1.94. The second kappa shape index (κ2) is 4.21. The Hall–Kier alpha value is -1.83. The lowest BCUT2D eigenvalue weighted by atomic mass is 9.88. The van der Waals surface area contributed by atoms with E-state index in [-0.39, 0.29) is 5.41 Å². The first-order valence-corrected chi connectivity index (χ1v) is 5.79. The Morgan fingerprint density at radius 1 is 1.06 bits per heavy atom. The van der Waals surface area contributed by atoms with Crippen LogP contribution in [-0.2, 0) is 5.41 Å². The predicted molar refractivity (Wildman–Crippen MR) is 72.8 cm³/mol. The lowest BCUT2D eigenvalue weighted by Gasteiger charge is -2.18. The van der Waals surface area contributed by atoms with E-state index in [1.165, 1.54) is 5.56 Å². The molecule has 2 N–H and O–H groups in total. The maximum absolute atomic E-state index is 5.77. The third-order valence-electron chi connectivity index (χ3n) is 2.81. The second-order valence-electron chi connectivity index (χ2n) is 5.31. The summed E-state index contributed by atoms with van der Waals surface area (Å²) in [5.41, 5.74) is 9.94. The van der Waals surface area contributed by atoms with Crippen molar-refractivity contribution < 1.29 is 0 Å². The van der Waals surface area contributed by atoms with Gasteiger partial charge in [-0.2, -0.15) is 0 Å². The zero-order chi connectivity index (χ0) is 12.5. The lowest BCUT2D eigenvalue weighted by Crippen LogP contribution is -2.11. The van der Waals surface area contributed by atoms with Gasteiger partial charge in [-0.05, 0) is 29.2 Å². The van der Waals surface area contributed by atoms with Crippen LogP contribution >= 0.6 is 0 Å². The van der Waals surface area contributed by atoms with Crippen LogP contribution < -0.4 is 5.73 Å². The molecule has 0 unspecified atom stereocenters. The molecular weight excluding hydrogens is 208 g/mol. The van der Waals surface area contributed by atoms with Crippen LogP contribution in [0.15, 0.2) is 42.6 Å². The molecule has 88 valence electrons. The Morgan fingerprint density at radius 3 is 2.35 bits per heavy atom. The zero-order valence-electron chi connectivity index (χ0n) is 10.6. The molecule has 2 aromatic rings. The fourth-order valence-corrected chi connectivity index (χ4v) is 1.71. The van der Waals surface area contributed by atoms with E-state index in [2.05, 4.69) is 37.9 Å². The van der Waals surface area contributed by atoms with Crippen molar-refractivity contribution in [2.75, 3.05) is 5.73 Å². The van der Waals surface area contributed by atoms with Gasteiger partial charge in [0.2, 0.25) is 0 Å². The van der Waals surface area contributed by atoms with Crippen LogP contribution in [0.2, 0.25) is 0 Å². The van der Waals surface area contributed by atoms with Gasteiger partial charge in [-0.25, -0.2) is 0 Å². The van der Waals surface area contributed by atoms with E-state index in [4.69, 9.17) is 5.73 Å². The standard InChI is InChI=1S/C15H18N2/c1-15(2,3)12-7-8-14(17-10-12)11-5-4-6-13(16)9-11/h4-10H,16H2,1-3H3. The summed E-state index contributed by atoms with van der Waals surface area (Å²) in [5, 5.41) is 0. The molecular formula is C15H18N2. The number of hydrogen-bond acceptors (Lipinski definition) is 2. The van der Waals surface area contributed by atoms with Crippen LogP contribution in [-0.4, -0.2) is 4.98 Å². The van der Waals surface area contributed by atoms with Gasteiger partial charge >= 0.3 is 0 Å². The molecule has 0 aliphatic rings. The average molecular weight is 226 g/mol. The van der Waals surface area contributed by atoms with Crippen LogP contribution in [0.25, 0.3) is 11.3 Å². The Balaban J connectivity index is 2.36. The fraction of sp³-hybridized carbons (Fsp3) is 0.267. The molecule has 0 bridgehead atoms. The lowest BCUT2D eigenvalue weighted by molar-refractivity contribution is 0.587. The molecule has 0 spiro atoms. The third kappa shape index (κ3) is 2.64. The normalized spacial score (nSPS) is 11.5. The molecule has 0 saturated heterocycles. The molecule has 1 aromatic heterocycles. The first kappa shape index (κ1) is 11.6. The molecule has 0 saturated carbocycles. The van der Waals surface area contributed by atoms with Gasteiger partial charge < -0.3 is 5.73 Å². The number of benzene rings is 1. The molecule has 0 amide bonds. The highest BCUT2D eigenvalue weighted by Gasteiger charge is 2.13. The first-order valence-electron chi connectivity index (χ1n) is 5.79. The number of anilines is 1. The summed E-state index contributed by atoms with van der Waals surface area (Å²) in [7, 11) is 0. The van der Waals surface area contributed by atoms with E-state index in [0.717, 1.165) is 16.9 Å². The summed E-state index contributed by atoms with van der Waals surface area (Å²) in [5.74, 6) is 0. The fourth-order valence-electron chi connectivity index (χ4n) is 1.71. The Morgan fingerprint density at radius 2 is 1.82 bits per heavy atom. The van der Waals surface area contributed by atoms with Gasteiger partial charge in [-0.15, -0.1) is 0 Å². The van der Waals surface area contributed by atoms with E-state index in [9.17, 15) is 0 Å². The minimum Gasteiger partial charge on any atom is -0.399 e. The number of rotatable bonds is 1. The largest absolute Gasteiger partial charge is 0.399 e. The number of nitrogens with zero attached hydrogens (tertiary/aromatic N) is 1. The van der Waals surface area contributed by atoms with Crippen molar-refractivity contribution >= 4 is 5.69 Å². The summed E-state index contributed by atoms with van der Waals surface area (Å²) >= 11 is 0. The Bertz CT molecular complexity index is 507. The van der Waals surface area contributed by atoms with Gasteiger partial charge in [0.25, 0.3) is 0 Å². The van der Waals surface area contributed by atoms with Crippen LogP contribution in [0.1, 0.15) is 26.3 Å². The van der Waals surface area contributed by atoms with Gasteiger partial charge in [-0.3, -0.25) is 4.98 Å². The van der Waals surface area contributed by atoms with E-state index < -0.39 is 0 Å². The zero-order valence-corrected chi connectivity index (χ0v) is 10.6. The SMILES string of the molecule is CC(C)(C)c1ccc(-c2cccc(N)c2)nc1. The van der Waals surface area contributed by atoms with Crippen molar-refractivity contribution in [1.82, 2.24) is 4.98 Å². The number of pyridine rings is 1. The topological polar surface area (TPSA) is 38.9 Å². The minimum atomic E-state index is 0.140. The molecule has 2 heteroatoms. The molecule has 2 nitrogen and oxygen atoms in total. The predicted octanol–water partition coefficient (Wildman–Crippen LogP) is 3.63. The Kier molecular flexibility index (Phi) is 2.88. The smallest absolute Gasteiger partial charge is 0.0702 e. The van der Waals surface area contributed by atoms with E-state index in [1.54, 1.807) is 0 Å². The maximum Gasteiger partial charge on any atom is 0.0702 e. The number of hydrogen-bond donors (Lipinski definition) is 1. The number of nitrogens with two attached hydrogens (primary N) is 1. The third-order valence-corrected chi connectivity index (χ3v) is 2.81. The van der Waals surface area contributed by atoms with Crippen molar-refractivity contribution in [1.29, 1.82) is 0 Å². The summed E-state index contributed by atoms with van der Waals surface area (Å²) in [6.45, 7) is 6.55. The first-order chi connectivity index (χ1) is 7.97. The van der Waals surface area contributed by atoms with Crippen LogP contribution in [0, 0.1) is 0 Å². The van der Waals surface area contributed by atoms with E-state index in [0.29, 0.717) is 0 Å². The van der Waals surface area contributed by atoms with Crippen molar-refractivity contribution in [2.45, 2.75) is 26.2 Å². The summed E-state index contributed by atoms with van der Waals surface area (Å²) in [6, 6.07) is 12.0. The number of nitrogen functional groups attached to an aromatic ring is 1. The van der Waals surface area contributed by atoms with Gasteiger partial charge in [0.05, 0.1) is 5.69 Å². The highest BCUT2D eigenvalue weighted by atomic mass is 14.7. The van der Waals surface area contributed by atoms with Crippen molar-refractivity contribution in [3.05, 3.63) is 48.2 Å². The molecule has 0 radical (unpaired) electrons. The summed E-state index contributed by atoms with van der Waals surface area (Å²) in [4.78, 5) is 4.50. The van der Waals surface area contributed by atoms with Crippen molar-refractivity contribution in [3.63, 3.8) is 0 Å². The molecule has 1 heterocycles. The van der Waals surface area contributed by atoms with Crippen LogP contribution in [0.3, 0.4) is 0 Å². The van der Waals surface area contributed by atoms with Crippen molar-refractivity contribution in [3.8, 4) is 11.3 Å². The molecule has 0 aliphatic carbocycles. The molecule has 0 atom stereocenters. The van der Waals surface area contributed by atoms with Crippen LogP contribution in [0.5, 0.6) is 0 Å². The van der Waals surface area contributed by atoms with Crippen molar-refractivity contribution in [2.24, 2.45) is 0 Å². The quantitative estimate of drug-likeness (QED) is 0.754. The molecule has 2 rings (SSSR count). The molecule has 1 aromatic carbocycles. The van der Waals surface area contributed by atoms with Gasteiger partial charge in [0, 0.05) is 17.4 Å². The van der Waals surface area contributed by atoms with Crippen LogP contribution in [0.4, 0.5) is 5.69 Å². The minimum absolute atomic E-state index is 0.140.